The second kappa shape index (κ2) is 18.7. The zero-order valence-corrected chi connectivity index (χ0v) is 46.0. The van der Waals surface area contributed by atoms with Gasteiger partial charge in [0, 0.05) is 88.0 Å². The number of benzene rings is 12. The number of hydrogen-bond donors (Lipinski definition) is 0. The van der Waals surface area contributed by atoms with Crippen molar-refractivity contribution in [3.8, 4) is 11.4 Å². The number of nitrogens with zero attached hydrogens (tertiary/aromatic N) is 4. The molecular formula is C76H56N4O2. The summed E-state index contributed by atoms with van der Waals surface area (Å²) in [5, 5.41) is 11.1. The fraction of sp³-hybridized carbons (Fsp3) is 0.0789. The van der Waals surface area contributed by atoms with Crippen LogP contribution in [0.5, 0.6) is 0 Å². The summed E-state index contributed by atoms with van der Waals surface area (Å²) in [6.45, 7) is 9.12. The van der Waals surface area contributed by atoms with Gasteiger partial charge in [-0.05, 0) is 144 Å². The van der Waals surface area contributed by atoms with Gasteiger partial charge in [-0.1, -0.05) is 161 Å². The number of hydrogen-bond acceptors (Lipinski definition) is 4. The summed E-state index contributed by atoms with van der Waals surface area (Å²) in [7, 11) is 0. The van der Waals surface area contributed by atoms with Crippen LogP contribution >= 0.6 is 0 Å². The van der Waals surface area contributed by atoms with Gasteiger partial charge in [0.1, 0.15) is 22.3 Å². The molecule has 0 unspecified atom stereocenters. The van der Waals surface area contributed by atoms with Crippen molar-refractivity contribution in [2.75, 3.05) is 9.80 Å². The summed E-state index contributed by atoms with van der Waals surface area (Å²) >= 11 is 0. The zero-order chi connectivity index (χ0) is 54.7. The molecule has 0 fully saturated rings. The molecule has 0 aliphatic rings. The van der Waals surface area contributed by atoms with Crippen LogP contribution in [0.4, 0.5) is 34.1 Å². The SMILES string of the molecule is CC(C)c1ccccc1-n1c2ccccc2c2cccc(N(c3ccccc3)c3ccc4oc5c(ccc6c5ccc5c7cc(N(c8ccccc8)c8cccc9c%10ccccc%10n(-c%10ccccc%10C(C)C)c89)ccc7oc56)c4c3)c21. The maximum Gasteiger partial charge on any atom is 0.143 e. The first-order valence-corrected chi connectivity index (χ1v) is 28.6. The predicted molar refractivity (Wildman–Crippen MR) is 345 cm³/mol. The van der Waals surface area contributed by atoms with Gasteiger partial charge in [0.2, 0.25) is 0 Å². The standard InChI is InChI=1S/C76H56N4O2/c1-47(2)53-25-11-15-31-65(53)79-67-33-17-13-27-55(67)57-29-19-35-69(73(57)79)77(49-21-7-5-8-22-49)51-37-43-71-63(45-51)61-41-39-60-59(75(61)81-71)40-42-62-64-46-52(38-44-72(64)82-76(60)62)78(50-23-9-6-10-24-50)70-36-20-30-58-56-28-14-18-34-68(56)80(74(58)70)66-32-16-12-26-54(66)48(3)4/h5-48H,1-4H3. The van der Waals surface area contributed by atoms with Gasteiger partial charge in [-0.15, -0.1) is 0 Å². The van der Waals surface area contributed by atoms with E-state index in [1.54, 1.807) is 0 Å². The third-order valence-electron chi connectivity index (χ3n) is 17.0. The minimum absolute atomic E-state index is 0.330. The fourth-order valence-corrected chi connectivity index (χ4v) is 13.4. The van der Waals surface area contributed by atoms with Crippen molar-refractivity contribution in [2.45, 2.75) is 39.5 Å². The Bertz CT molecular complexity index is 4870. The van der Waals surface area contributed by atoms with Crippen molar-refractivity contribution in [2.24, 2.45) is 0 Å². The van der Waals surface area contributed by atoms with Crippen molar-refractivity contribution < 1.29 is 8.83 Å². The lowest BCUT2D eigenvalue weighted by Gasteiger charge is -2.27. The van der Waals surface area contributed by atoms with Crippen LogP contribution in [0.25, 0.3) is 110 Å². The second-order valence-electron chi connectivity index (χ2n) is 22.4. The first-order chi connectivity index (χ1) is 40.4. The molecule has 16 aromatic rings. The van der Waals surface area contributed by atoms with E-state index in [1.165, 1.54) is 55.1 Å². The molecule has 0 aliphatic heterocycles. The molecule has 12 aromatic carbocycles. The molecule has 0 spiro atoms. The third kappa shape index (κ3) is 7.20. The summed E-state index contributed by atoms with van der Waals surface area (Å²) in [5.74, 6) is 0.660. The molecule has 82 heavy (non-hydrogen) atoms. The highest BCUT2D eigenvalue weighted by Crippen LogP contribution is 2.49. The highest BCUT2D eigenvalue weighted by molar-refractivity contribution is 6.24. The number of para-hydroxylation sites is 8. The monoisotopic (exact) mass is 1060 g/mol. The minimum atomic E-state index is 0.330. The van der Waals surface area contributed by atoms with Crippen LogP contribution in [-0.4, -0.2) is 9.13 Å². The average molecular weight is 1060 g/mol. The largest absolute Gasteiger partial charge is 0.455 e. The molecule has 0 atom stereocenters. The normalized spacial score (nSPS) is 12.1. The maximum atomic E-state index is 6.95. The van der Waals surface area contributed by atoms with E-state index in [4.69, 9.17) is 8.83 Å². The molecule has 392 valence electrons. The smallest absolute Gasteiger partial charge is 0.143 e. The Morgan fingerprint density at radius 1 is 0.293 bits per heavy atom. The topological polar surface area (TPSA) is 42.6 Å². The highest BCUT2D eigenvalue weighted by atomic mass is 16.3. The zero-order valence-electron chi connectivity index (χ0n) is 46.0. The summed E-state index contributed by atoms with van der Waals surface area (Å²) < 4.78 is 18.9. The summed E-state index contributed by atoms with van der Waals surface area (Å²) in [4.78, 5) is 4.82. The molecule has 0 aliphatic carbocycles. The van der Waals surface area contributed by atoms with E-state index >= 15 is 0 Å². The number of fused-ring (bicyclic) bond motifs is 15. The maximum absolute atomic E-state index is 6.95. The van der Waals surface area contributed by atoms with E-state index in [-0.39, 0.29) is 0 Å². The van der Waals surface area contributed by atoms with Crippen LogP contribution in [-0.2, 0) is 0 Å². The second-order valence-corrected chi connectivity index (χ2v) is 22.4. The van der Waals surface area contributed by atoms with Crippen LogP contribution in [0, 0.1) is 0 Å². The van der Waals surface area contributed by atoms with Crippen LogP contribution in [0.15, 0.2) is 264 Å². The van der Waals surface area contributed by atoms with Crippen LogP contribution < -0.4 is 9.80 Å². The molecular weight excluding hydrogens is 1000 g/mol. The Hall–Kier alpha value is -10.3. The minimum Gasteiger partial charge on any atom is -0.455 e. The van der Waals surface area contributed by atoms with E-state index < -0.39 is 0 Å². The first kappa shape index (κ1) is 47.7. The molecule has 0 bridgehead atoms. The van der Waals surface area contributed by atoms with Gasteiger partial charge in [-0.25, -0.2) is 0 Å². The van der Waals surface area contributed by atoms with E-state index in [1.807, 2.05) is 0 Å². The van der Waals surface area contributed by atoms with Gasteiger partial charge in [-0.3, -0.25) is 0 Å². The molecule has 0 N–H and O–H groups in total. The van der Waals surface area contributed by atoms with Gasteiger partial charge in [0.05, 0.1) is 33.4 Å². The average Bonchev–Trinajstić information content (AvgIpc) is 4.05. The predicted octanol–water partition coefficient (Wildman–Crippen LogP) is 22.0. The summed E-state index contributed by atoms with van der Waals surface area (Å²) in [6.07, 6.45) is 0. The Kier molecular flexibility index (Phi) is 10.8. The van der Waals surface area contributed by atoms with Gasteiger partial charge in [0.15, 0.2) is 0 Å². The lowest BCUT2D eigenvalue weighted by atomic mass is 10.0. The molecule has 6 nitrogen and oxygen atoms in total. The highest BCUT2D eigenvalue weighted by Gasteiger charge is 2.27. The van der Waals surface area contributed by atoms with Crippen LogP contribution in [0.3, 0.4) is 0 Å². The Morgan fingerprint density at radius 2 is 0.659 bits per heavy atom. The lowest BCUT2D eigenvalue weighted by molar-refractivity contribution is 0.669. The Labute approximate surface area is 474 Å². The molecule has 4 heterocycles. The quantitative estimate of drug-likeness (QED) is 0.137. The number of anilines is 6. The Balaban J connectivity index is 0.853. The van der Waals surface area contributed by atoms with Crippen molar-refractivity contribution in [3.05, 3.63) is 266 Å². The van der Waals surface area contributed by atoms with E-state index in [0.717, 1.165) is 99.8 Å². The molecule has 6 heteroatoms. The molecule has 0 saturated heterocycles. The summed E-state index contributed by atoms with van der Waals surface area (Å²) in [5.41, 5.74) is 19.4. The molecule has 4 aromatic heterocycles. The number of aromatic nitrogens is 2. The van der Waals surface area contributed by atoms with Crippen molar-refractivity contribution >= 4 is 132 Å². The van der Waals surface area contributed by atoms with Crippen molar-refractivity contribution in [3.63, 3.8) is 0 Å². The number of rotatable bonds is 10. The van der Waals surface area contributed by atoms with Gasteiger partial charge >= 0.3 is 0 Å². The van der Waals surface area contributed by atoms with Gasteiger partial charge in [0.25, 0.3) is 0 Å². The van der Waals surface area contributed by atoms with E-state index in [2.05, 4.69) is 301 Å². The third-order valence-corrected chi connectivity index (χ3v) is 17.0. The summed E-state index contributed by atoms with van der Waals surface area (Å²) in [6, 6.07) is 92.4. The van der Waals surface area contributed by atoms with E-state index in [9.17, 15) is 0 Å². The van der Waals surface area contributed by atoms with Gasteiger partial charge < -0.3 is 27.8 Å². The fourth-order valence-electron chi connectivity index (χ4n) is 13.4. The van der Waals surface area contributed by atoms with E-state index in [0.29, 0.717) is 11.8 Å². The molecule has 0 saturated carbocycles. The Morgan fingerprint density at radius 3 is 1.09 bits per heavy atom. The molecule has 16 rings (SSSR count). The first-order valence-electron chi connectivity index (χ1n) is 28.6. The van der Waals surface area contributed by atoms with Crippen molar-refractivity contribution in [1.29, 1.82) is 0 Å². The molecule has 0 amide bonds. The van der Waals surface area contributed by atoms with Crippen molar-refractivity contribution in [1.82, 2.24) is 9.13 Å². The van der Waals surface area contributed by atoms with Crippen LogP contribution in [0.1, 0.15) is 50.7 Å². The lowest BCUT2D eigenvalue weighted by Crippen LogP contribution is -2.12. The van der Waals surface area contributed by atoms with Crippen LogP contribution in [0.2, 0.25) is 0 Å². The number of furan rings is 2. The molecule has 0 radical (unpaired) electrons. The van der Waals surface area contributed by atoms with Gasteiger partial charge in [-0.2, -0.15) is 0 Å².